The molecular weight excluding hydrogens is 791 g/mol. The molecule has 1 saturated heterocycles. The summed E-state index contributed by atoms with van der Waals surface area (Å²) >= 11 is 0. The highest BCUT2D eigenvalue weighted by molar-refractivity contribution is 7.91. The van der Waals surface area contributed by atoms with Crippen molar-refractivity contribution in [3.8, 4) is 11.6 Å². The van der Waals surface area contributed by atoms with Crippen molar-refractivity contribution in [2.45, 2.75) is 119 Å². The second-order valence-electron chi connectivity index (χ2n) is 16.7. The molecule has 14 nitrogen and oxygen atoms in total. The number of benzene rings is 1. The minimum absolute atomic E-state index is 0.0263. The van der Waals surface area contributed by atoms with Crippen molar-refractivity contribution in [2.75, 3.05) is 20.3 Å². The number of hydrogen-bond donors (Lipinski definition) is 4. The van der Waals surface area contributed by atoms with Crippen LogP contribution in [0.25, 0.3) is 10.8 Å². The Labute approximate surface area is 334 Å². The van der Waals surface area contributed by atoms with Gasteiger partial charge in [-0.05, 0) is 93.9 Å². The smallest absolute Gasteiger partial charge is 0.417 e. The van der Waals surface area contributed by atoms with E-state index in [0.29, 0.717) is 30.4 Å². The molecule has 1 aromatic heterocycles. The van der Waals surface area contributed by atoms with E-state index in [1.165, 1.54) is 18.2 Å². The molecule has 2 aromatic rings. The van der Waals surface area contributed by atoms with Crippen LogP contribution in [0, 0.1) is 17.8 Å². The van der Waals surface area contributed by atoms with Crippen molar-refractivity contribution in [1.29, 1.82) is 0 Å². The fraction of sp³-hybridized carbons (Fsp3) is 0.641. The molecule has 0 bridgehead atoms. The highest BCUT2D eigenvalue weighted by atomic mass is 32.2. The van der Waals surface area contributed by atoms with Gasteiger partial charge in [-0.25, -0.2) is 17.8 Å². The molecule has 2 aliphatic carbocycles. The van der Waals surface area contributed by atoms with E-state index >= 15 is 0 Å². The van der Waals surface area contributed by atoms with Gasteiger partial charge in [-0.15, -0.1) is 0 Å². The molecule has 58 heavy (non-hydrogen) atoms. The summed E-state index contributed by atoms with van der Waals surface area (Å²) in [7, 11) is -2.93. The molecule has 1 unspecified atom stereocenters. The summed E-state index contributed by atoms with van der Waals surface area (Å²) in [6, 6.07) is 4.25. The van der Waals surface area contributed by atoms with Gasteiger partial charge in [0.15, 0.2) is 5.60 Å². The number of aliphatic hydroxyl groups is 1. The SMILES string of the molecule is COc1ccc2c(O[C@@H]3C[C@H]4C(=O)N[C@]5(C(=O)NS(=O)(=O)C6(CF)CC6)C[C@H]5/C=C\CC[C@@H](C)C[C@@H](C)[C@H](NC(O)OC(C)(C)C(F)(F)F)C(=O)N4C3)nccc2c1. The number of alkyl halides is 4. The van der Waals surface area contributed by atoms with E-state index in [4.69, 9.17) is 14.2 Å². The highest BCUT2D eigenvalue weighted by Crippen LogP contribution is 2.48. The molecule has 0 radical (unpaired) electrons. The maximum Gasteiger partial charge on any atom is 0.417 e. The van der Waals surface area contributed by atoms with Crippen LogP contribution >= 0.6 is 0 Å². The number of aromatic nitrogens is 1. The Morgan fingerprint density at radius 3 is 2.53 bits per heavy atom. The summed E-state index contributed by atoms with van der Waals surface area (Å²) in [6.45, 7) is 3.71. The van der Waals surface area contributed by atoms with Crippen LogP contribution in [0.15, 0.2) is 42.6 Å². The fourth-order valence-corrected chi connectivity index (χ4v) is 9.25. The Kier molecular flexibility index (Phi) is 12.1. The maximum absolute atomic E-state index is 14.8. The lowest BCUT2D eigenvalue weighted by molar-refractivity contribution is -0.310. The summed E-state index contributed by atoms with van der Waals surface area (Å²) in [4.78, 5) is 48.7. The minimum atomic E-state index is -4.87. The first-order valence-electron chi connectivity index (χ1n) is 19.4. The molecule has 1 aromatic carbocycles. The number of nitrogens with zero attached hydrogens (tertiary/aromatic N) is 2. The number of fused-ring (bicyclic) bond motifs is 3. The van der Waals surface area contributed by atoms with Crippen molar-refractivity contribution in [1.82, 2.24) is 25.2 Å². The summed E-state index contributed by atoms with van der Waals surface area (Å²) in [5, 5.41) is 17.5. The molecule has 6 rings (SSSR count). The van der Waals surface area contributed by atoms with E-state index in [1.54, 1.807) is 37.3 Å². The predicted molar refractivity (Wildman–Crippen MR) is 202 cm³/mol. The zero-order valence-corrected chi connectivity index (χ0v) is 33.8. The predicted octanol–water partition coefficient (Wildman–Crippen LogP) is 4.02. The summed E-state index contributed by atoms with van der Waals surface area (Å²) in [5.41, 5.74) is -4.55. The molecule has 2 aliphatic heterocycles. The number of hydrogen-bond acceptors (Lipinski definition) is 11. The average Bonchev–Trinajstić information content (AvgIpc) is 4.05. The Bertz CT molecular complexity index is 2030. The quantitative estimate of drug-likeness (QED) is 0.146. The van der Waals surface area contributed by atoms with Crippen LogP contribution in [0.3, 0.4) is 0 Å². The Morgan fingerprint density at radius 2 is 1.88 bits per heavy atom. The first kappa shape index (κ1) is 43.5. The molecule has 2 saturated carbocycles. The molecule has 19 heteroatoms. The Morgan fingerprint density at radius 1 is 1.16 bits per heavy atom. The Hall–Kier alpha value is -4.07. The summed E-state index contributed by atoms with van der Waals surface area (Å²) in [5.74, 6) is -3.12. The molecule has 8 atom stereocenters. The number of nitrogens with one attached hydrogen (secondary N) is 3. The lowest BCUT2D eigenvalue weighted by Gasteiger charge is -2.36. The van der Waals surface area contributed by atoms with Gasteiger partial charge in [0, 0.05) is 23.9 Å². The molecule has 3 amide bonds. The number of carbonyl (C=O) groups excluding carboxylic acids is 3. The number of aliphatic hydroxyl groups excluding tert-OH is 1. The summed E-state index contributed by atoms with van der Waals surface area (Å²) in [6.07, 6.45) is -1.48. The van der Waals surface area contributed by atoms with Gasteiger partial charge < -0.3 is 29.5 Å². The maximum atomic E-state index is 14.8. The standard InChI is InChI=1S/C39H51F4N5O9S/c1-22-8-6-7-9-25-19-38(25,34(51)47-58(53,54)37(21-40)13-14-37)46-31(49)29-18-27(56-32-28-11-10-26(55-5)17-24(28)12-15-44-32)20-48(29)33(50)30(23(2)16-22)45-35(52)57-36(3,4)39(41,42)43/h7,9-12,15,17,22-23,25,27,29-30,35,45,52H,6,8,13-14,16,18-21H2,1-5H3,(H,46,49)(H,47,51)/b9-7-/t22-,23-,25-,27-,29+,30+,35?,38-/m1/s1. The number of ether oxygens (including phenoxy) is 3. The van der Waals surface area contributed by atoms with Crippen molar-refractivity contribution in [2.24, 2.45) is 17.8 Å². The molecule has 320 valence electrons. The highest BCUT2D eigenvalue weighted by Gasteiger charge is 2.64. The van der Waals surface area contributed by atoms with E-state index in [1.807, 2.05) is 17.7 Å². The van der Waals surface area contributed by atoms with Gasteiger partial charge in [-0.2, -0.15) is 13.2 Å². The zero-order chi connectivity index (χ0) is 42.4. The molecule has 4 aliphatic rings. The number of pyridine rings is 1. The van der Waals surface area contributed by atoms with Crippen LogP contribution < -0.4 is 24.8 Å². The number of methoxy groups -OCH3 is 1. The van der Waals surface area contributed by atoms with Gasteiger partial charge >= 0.3 is 6.18 Å². The second-order valence-corrected chi connectivity index (χ2v) is 18.7. The van der Waals surface area contributed by atoms with Crippen LogP contribution in [-0.2, 0) is 29.1 Å². The van der Waals surface area contributed by atoms with Crippen LogP contribution in [0.4, 0.5) is 17.6 Å². The van der Waals surface area contributed by atoms with Gasteiger partial charge in [-0.3, -0.25) is 24.4 Å². The van der Waals surface area contributed by atoms with Crippen LogP contribution in [-0.4, -0.2) is 108 Å². The largest absolute Gasteiger partial charge is 0.497 e. The van der Waals surface area contributed by atoms with E-state index in [9.17, 15) is 45.5 Å². The normalized spacial score (nSPS) is 30.2. The third-order valence-electron chi connectivity index (χ3n) is 11.9. The van der Waals surface area contributed by atoms with E-state index in [-0.39, 0.29) is 44.0 Å². The first-order chi connectivity index (χ1) is 27.2. The van der Waals surface area contributed by atoms with Crippen molar-refractivity contribution >= 4 is 38.5 Å². The van der Waals surface area contributed by atoms with Gasteiger partial charge in [-0.1, -0.05) is 26.0 Å². The minimum Gasteiger partial charge on any atom is -0.497 e. The molecule has 3 heterocycles. The second kappa shape index (κ2) is 16.2. The third kappa shape index (κ3) is 8.77. The first-order valence-corrected chi connectivity index (χ1v) is 20.8. The van der Waals surface area contributed by atoms with Gasteiger partial charge in [0.2, 0.25) is 34.1 Å². The van der Waals surface area contributed by atoms with Crippen LogP contribution in [0.2, 0.25) is 0 Å². The number of allylic oxidation sites excluding steroid dienone is 1. The Balaban J connectivity index is 1.35. The number of halogens is 4. The molecular formula is C39H51F4N5O9S. The molecule has 0 spiro atoms. The number of sulfonamides is 1. The summed E-state index contributed by atoms with van der Waals surface area (Å²) < 4.78 is 98.4. The number of carbonyl (C=O) groups is 3. The average molecular weight is 842 g/mol. The topological polar surface area (TPSA) is 185 Å². The van der Waals surface area contributed by atoms with Crippen molar-refractivity contribution in [3.05, 3.63) is 42.6 Å². The van der Waals surface area contributed by atoms with Gasteiger partial charge in [0.1, 0.15) is 34.9 Å². The lowest BCUT2D eigenvalue weighted by atomic mass is 9.88. The third-order valence-corrected chi connectivity index (χ3v) is 14.0. The van der Waals surface area contributed by atoms with Crippen molar-refractivity contribution < 1.29 is 59.7 Å². The van der Waals surface area contributed by atoms with Crippen molar-refractivity contribution in [3.63, 3.8) is 0 Å². The van der Waals surface area contributed by atoms with E-state index in [0.717, 1.165) is 19.2 Å². The van der Waals surface area contributed by atoms with E-state index in [2.05, 4.69) is 15.6 Å². The van der Waals surface area contributed by atoms with Crippen LogP contribution in [0.5, 0.6) is 11.6 Å². The molecule has 4 N–H and O–H groups in total. The monoisotopic (exact) mass is 841 g/mol. The fourth-order valence-electron chi connectivity index (χ4n) is 7.82. The van der Waals surface area contributed by atoms with Gasteiger partial charge in [0.25, 0.3) is 5.91 Å². The van der Waals surface area contributed by atoms with Crippen LogP contribution in [0.1, 0.15) is 72.6 Å². The van der Waals surface area contributed by atoms with E-state index < -0.39 is 92.9 Å². The van der Waals surface area contributed by atoms with Gasteiger partial charge in [0.05, 0.1) is 19.7 Å². The zero-order valence-electron chi connectivity index (χ0n) is 33.0. The lowest BCUT2D eigenvalue weighted by Crippen LogP contribution is -2.60. The number of rotatable bonds is 11. The molecule has 3 fully saturated rings. The number of amides is 3.